The van der Waals surface area contributed by atoms with Crippen LogP contribution < -0.4 is 0 Å². The number of H-pyrrole nitrogens is 1. The summed E-state index contributed by atoms with van der Waals surface area (Å²) in [5.41, 5.74) is 3.50. The van der Waals surface area contributed by atoms with Gasteiger partial charge in [-0.2, -0.15) is 5.10 Å². The van der Waals surface area contributed by atoms with E-state index in [-0.39, 0.29) is 12.1 Å². The summed E-state index contributed by atoms with van der Waals surface area (Å²) >= 11 is 0. The number of fused-ring (bicyclic) bond motifs is 1. The third kappa shape index (κ3) is 1.66. The second kappa shape index (κ2) is 4.24. The van der Waals surface area contributed by atoms with Gasteiger partial charge in [-0.15, -0.1) is 0 Å². The maximum Gasteiger partial charge on any atom is 0.147 e. The number of nitrogens with one attached hydrogen (secondary N) is 1. The van der Waals surface area contributed by atoms with Crippen LogP contribution in [0.4, 0.5) is 0 Å². The Hall–Kier alpha value is -1.62. The predicted octanol–water partition coefficient (Wildman–Crippen LogP) is 1.89. The van der Waals surface area contributed by atoms with Crippen molar-refractivity contribution in [2.45, 2.75) is 45.3 Å². The van der Waals surface area contributed by atoms with Gasteiger partial charge in [-0.05, 0) is 39.2 Å². The summed E-state index contributed by atoms with van der Waals surface area (Å²) in [5, 5.41) is 16.9. The van der Waals surface area contributed by atoms with E-state index in [0.717, 1.165) is 30.7 Å². The Bertz CT molecular complexity index is 544. The van der Waals surface area contributed by atoms with E-state index in [1.54, 1.807) is 0 Å². The first-order chi connectivity index (χ1) is 8.68. The van der Waals surface area contributed by atoms with Crippen molar-refractivity contribution < 1.29 is 5.11 Å². The fraction of sp³-hybridized carbons (Fsp3) is 0.538. The van der Waals surface area contributed by atoms with E-state index in [2.05, 4.69) is 39.7 Å². The van der Waals surface area contributed by atoms with Crippen LogP contribution in [-0.2, 0) is 6.42 Å². The summed E-state index contributed by atoms with van der Waals surface area (Å²) < 4.78 is 2.26. The van der Waals surface area contributed by atoms with Crippen LogP contribution in [0.2, 0.25) is 0 Å². The van der Waals surface area contributed by atoms with Gasteiger partial charge in [-0.25, -0.2) is 4.98 Å². The van der Waals surface area contributed by atoms with Crippen LogP contribution in [-0.4, -0.2) is 24.9 Å². The zero-order valence-electron chi connectivity index (χ0n) is 10.7. The van der Waals surface area contributed by atoms with Gasteiger partial charge in [-0.3, -0.25) is 5.10 Å². The molecule has 0 radical (unpaired) electrons. The van der Waals surface area contributed by atoms with E-state index >= 15 is 0 Å². The monoisotopic (exact) mass is 246 g/mol. The Morgan fingerprint density at radius 1 is 1.56 bits per heavy atom. The molecule has 96 valence electrons. The van der Waals surface area contributed by atoms with Crippen LogP contribution in [0.15, 0.2) is 12.4 Å². The third-order valence-electron chi connectivity index (χ3n) is 3.84. The fourth-order valence-electron chi connectivity index (χ4n) is 2.98. The minimum Gasteiger partial charge on any atom is -0.388 e. The SMILES string of the molecule is Cc1cc2c(n1C(C)c1ncn[nH]1)CCCC2O. The average molecular weight is 246 g/mol. The van der Waals surface area contributed by atoms with Crippen molar-refractivity contribution in [1.82, 2.24) is 19.7 Å². The first-order valence-electron chi connectivity index (χ1n) is 6.42. The van der Waals surface area contributed by atoms with E-state index in [1.807, 2.05) is 0 Å². The average Bonchev–Trinajstić information content (AvgIpc) is 2.96. The Morgan fingerprint density at radius 2 is 2.39 bits per heavy atom. The number of aryl methyl sites for hydroxylation is 1. The highest BCUT2D eigenvalue weighted by atomic mass is 16.3. The van der Waals surface area contributed by atoms with Crippen LogP contribution in [0, 0.1) is 6.92 Å². The molecule has 0 aliphatic heterocycles. The lowest BCUT2D eigenvalue weighted by atomic mass is 9.95. The quantitative estimate of drug-likeness (QED) is 0.850. The number of aliphatic hydroxyl groups excluding tert-OH is 1. The molecule has 2 unspecified atom stereocenters. The van der Waals surface area contributed by atoms with E-state index in [1.165, 1.54) is 17.7 Å². The molecule has 0 fully saturated rings. The lowest BCUT2D eigenvalue weighted by molar-refractivity contribution is 0.155. The number of hydrogen-bond acceptors (Lipinski definition) is 3. The lowest BCUT2D eigenvalue weighted by Gasteiger charge is -2.23. The normalized spacial score (nSPS) is 20.7. The van der Waals surface area contributed by atoms with Gasteiger partial charge in [0.15, 0.2) is 0 Å². The minimum atomic E-state index is -0.310. The number of aromatic nitrogens is 4. The van der Waals surface area contributed by atoms with Crippen molar-refractivity contribution >= 4 is 0 Å². The number of rotatable bonds is 2. The lowest BCUT2D eigenvalue weighted by Crippen LogP contribution is -2.17. The summed E-state index contributed by atoms with van der Waals surface area (Å²) in [6, 6.07) is 2.23. The number of hydrogen-bond donors (Lipinski definition) is 2. The highest BCUT2D eigenvalue weighted by molar-refractivity contribution is 5.33. The maximum atomic E-state index is 10.1. The molecule has 0 saturated carbocycles. The van der Waals surface area contributed by atoms with E-state index in [4.69, 9.17) is 0 Å². The van der Waals surface area contributed by atoms with Gasteiger partial charge in [0, 0.05) is 17.0 Å². The molecule has 0 aromatic carbocycles. The smallest absolute Gasteiger partial charge is 0.147 e. The molecule has 1 aliphatic carbocycles. The molecule has 2 aromatic heterocycles. The second-order valence-corrected chi connectivity index (χ2v) is 5.01. The molecule has 5 heteroatoms. The van der Waals surface area contributed by atoms with Crippen LogP contribution in [0.25, 0.3) is 0 Å². The zero-order valence-corrected chi connectivity index (χ0v) is 10.7. The molecule has 0 spiro atoms. The summed E-state index contributed by atoms with van der Waals surface area (Å²) in [6.07, 6.45) is 4.16. The molecule has 0 amide bonds. The van der Waals surface area contributed by atoms with Gasteiger partial charge in [-0.1, -0.05) is 0 Å². The molecule has 0 saturated heterocycles. The molecule has 5 nitrogen and oxygen atoms in total. The first-order valence-corrected chi connectivity index (χ1v) is 6.42. The van der Waals surface area contributed by atoms with E-state index in [0.29, 0.717) is 0 Å². The van der Waals surface area contributed by atoms with Crippen LogP contribution in [0.1, 0.15) is 54.7 Å². The highest BCUT2D eigenvalue weighted by Gasteiger charge is 2.26. The van der Waals surface area contributed by atoms with Crippen molar-refractivity contribution in [3.8, 4) is 0 Å². The van der Waals surface area contributed by atoms with Crippen LogP contribution >= 0.6 is 0 Å². The van der Waals surface area contributed by atoms with E-state index < -0.39 is 0 Å². The molecular weight excluding hydrogens is 228 g/mol. The number of aliphatic hydroxyl groups is 1. The summed E-state index contributed by atoms with van der Waals surface area (Å²) in [7, 11) is 0. The van der Waals surface area contributed by atoms with Gasteiger partial charge >= 0.3 is 0 Å². The van der Waals surface area contributed by atoms with Crippen molar-refractivity contribution in [2.24, 2.45) is 0 Å². The molecule has 2 atom stereocenters. The molecule has 2 aromatic rings. The van der Waals surface area contributed by atoms with Gasteiger partial charge in [0.2, 0.25) is 0 Å². The molecule has 18 heavy (non-hydrogen) atoms. The van der Waals surface area contributed by atoms with Crippen LogP contribution in [0.5, 0.6) is 0 Å². The second-order valence-electron chi connectivity index (χ2n) is 5.01. The van der Waals surface area contributed by atoms with Crippen molar-refractivity contribution in [3.63, 3.8) is 0 Å². The molecule has 1 aliphatic rings. The Morgan fingerprint density at radius 3 is 3.11 bits per heavy atom. The van der Waals surface area contributed by atoms with E-state index in [9.17, 15) is 5.11 Å². The van der Waals surface area contributed by atoms with Crippen molar-refractivity contribution in [1.29, 1.82) is 0 Å². The molecule has 2 N–H and O–H groups in total. The zero-order chi connectivity index (χ0) is 12.7. The van der Waals surface area contributed by atoms with Gasteiger partial charge in [0.05, 0.1) is 12.1 Å². The number of aromatic amines is 1. The third-order valence-corrected chi connectivity index (χ3v) is 3.84. The fourth-order valence-corrected chi connectivity index (χ4v) is 2.98. The highest BCUT2D eigenvalue weighted by Crippen LogP contribution is 2.34. The first kappa shape index (κ1) is 11.5. The Labute approximate surface area is 106 Å². The standard InChI is InChI=1S/C13H18N4O/c1-8-6-10-11(4-3-5-12(10)18)17(8)9(2)13-14-7-15-16-13/h6-7,9,12,18H,3-5H2,1-2H3,(H,14,15,16). The molecule has 3 rings (SSSR count). The molecular formula is C13H18N4O. The number of nitrogens with zero attached hydrogens (tertiary/aromatic N) is 3. The van der Waals surface area contributed by atoms with Crippen molar-refractivity contribution in [3.05, 3.63) is 35.2 Å². The van der Waals surface area contributed by atoms with Gasteiger partial charge < -0.3 is 9.67 Å². The Kier molecular flexibility index (Phi) is 2.70. The molecule has 2 heterocycles. The van der Waals surface area contributed by atoms with Crippen molar-refractivity contribution in [2.75, 3.05) is 0 Å². The van der Waals surface area contributed by atoms with Gasteiger partial charge in [0.25, 0.3) is 0 Å². The summed E-state index contributed by atoms with van der Waals surface area (Å²) in [5.74, 6) is 0.858. The maximum absolute atomic E-state index is 10.1. The predicted molar refractivity (Wildman–Crippen MR) is 67.3 cm³/mol. The molecule has 0 bridgehead atoms. The summed E-state index contributed by atoms with van der Waals surface area (Å²) in [4.78, 5) is 4.23. The minimum absolute atomic E-state index is 0.126. The van der Waals surface area contributed by atoms with Crippen LogP contribution in [0.3, 0.4) is 0 Å². The summed E-state index contributed by atoms with van der Waals surface area (Å²) in [6.45, 7) is 4.19. The van der Waals surface area contributed by atoms with Gasteiger partial charge in [0.1, 0.15) is 12.2 Å². The largest absolute Gasteiger partial charge is 0.388 e. The topological polar surface area (TPSA) is 66.7 Å². The Balaban J connectivity index is 2.07.